The predicted molar refractivity (Wildman–Crippen MR) is 131 cm³/mol. The average Bonchev–Trinajstić information content (AvgIpc) is 2.83. The Bertz CT molecular complexity index is 1030. The van der Waals surface area contributed by atoms with Crippen LogP contribution in [0.3, 0.4) is 0 Å². The molecule has 0 aliphatic rings. The highest BCUT2D eigenvalue weighted by Crippen LogP contribution is 2.20. The molecule has 0 aliphatic heterocycles. The minimum absolute atomic E-state index is 0.0145. The van der Waals surface area contributed by atoms with Gasteiger partial charge in [0.15, 0.2) is 0 Å². The highest BCUT2D eigenvalue weighted by atomic mass is 16.2. The fraction of sp³-hybridized carbons (Fsp3) is 0.357. The normalized spacial score (nSPS) is 12.8. The fourth-order valence-electron chi connectivity index (χ4n) is 3.93. The van der Waals surface area contributed by atoms with E-state index in [1.165, 1.54) is 10.8 Å². The summed E-state index contributed by atoms with van der Waals surface area (Å²) in [6, 6.07) is 24.2. The number of carbonyl (C=O) groups is 2. The second kappa shape index (κ2) is 11.5. The summed E-state index contributed by atoms with van der Waals surface area (Å²) in [5, 5.41) is 5.39. The van der Waals surface area contributed by atoms with E-state index in [1.54, 1.807) is 4.90 Å². The summed E-state index contributed by atoms with van der Waals surface area (Å²) in [6.45, 7) is 6.38. The Morgan fingerprint density at radius 3 is 2.31 bits per heavy atom. The molecule has 2 atom stereocenters. The summed E-state index contributed by atoms with van der Waals surface area (Å²) in [5.74, 6) is -0.0772. The topological polar surface area (TPSA) is 49.4 Å². The van der Waals surface area contributed by atoms with Gasteiger partial charge in [-0.15, -0.1) is 0 Å². The van der Waals surface area contributed by atoms with E-state index in [0.717, 1.165) is 24.0 Å². The van der Waals surface area contributed by atoms with Gasteiger partial charge in [0.05, 0.1) is 0 Å². The summed E-state index contributed by atoms with van der Waals surface area (Å²) < 4.78 is 0. The Labute approximate surface area is 191 Å². The largest absolute Gasteiger partial charge is 0.352 e. The summed E-state index contributed by atoms with van der Waals surface area (Å²) >= 11 is 0. The minimum Gasteiger partial charge on any atom is -0.352 e. The number of amides is 2. The first kappa shape index (κ1) is 23.5. The molecule has 3 aromatic rings. The lowest BCUT2D eigenvalue weighted by Crippen LogP contribution is -2.50. The SMILES string of the molecule is CC[C@@H](C)NC(=O)[C@H](C)N(CCc1ccccc1)C(=O)CCc1cccc2ccccc12. The molecular weight excluding hydrogens is 396 g/mol. The van der Waals surface area contributed by atoms with Crippen molar-refractivity contribution in [3.05, 3.63) is 83.9 Å². The highest BCUT2D eigenvalue weighted by molar-refractivity contribution is 5.89. The maximum Gasteiger partial charge on any atom is 0.242 e. The molecule has 4 heteroatoms. The van der Waals surface area contributed by atoms with Gasteiger partial charge in [-0.1, -0.05) is 79.7 Å². The fourth-order valence-corrected chi connectivity index (χ4v) is 3.93. The molecule has 0 bridgehead atoms. The van der Waals surface area contributed by atoms with Crippen LogP contribution < -0.4 is 5.32 Å². The van der Waals surface area contributed by atoms with Crippen LogP contribution in [-0.2, 0) is 22.4 Å². The van der Waals surface area contributed by atoms with Crippen molar-refractivity contribution >= 4 is 22.6 Å². The van der Waals surface area contributed by atoms with Crippen LogP contribution in [0.15, 0.2) is 72.8 Å². The van der Waals surface area contributed by atoms with Crippen LogP contribution in [0.1, 0.15) is 44.7 Å². The Hall–Kier alpha value is -3.14. The van der Waals surface area contributed by atoms with Crippen LogP contribution >= 0.6 is 0 Å². The molecular formula is C28H34N2O2. The number of nitrogens with zero attached hydrogens (tertiary/aromatic N) is 1. The molecule has 0 heterocycles. The molecule has 0 aliphatic carbocycles. The zero-order valence-corrected chi connectivity index (χ0v) is 19.4. The Balaban J connectivity index is 1.73. The third kappa shape index (κ3) is 6.19. The van der Waals surface area contributed by atoms with Gasteiger partial charge in [-0.2, -0.15) is 0 Å². The first-order valence-electron chi connectivity index (χ1n) is 11.6. The molecule has 3 rings (SSSR count). The molecule has 3 aromatic carbocycles. The third-order valence-electron chi connectivity index (χ3n) is 6.14. The predicted octanol–water partition coefficient (Wildman–Crippen LogP) is 5.15. The van der Waals surface area contributed by atoms with Crippen LogP contribution in [-0.4, -0.2) is 35.3 Å². The van der Waals surface area contributed by atoms with Crippen molar-refractivity contribution in [3.63, 3.8) is 0 Å². The molecule has 0 aromatic heterocycles. The molecule has 0 spiro atoms. The van der Waals surface area contributed by atoms with Gasteiger partial charge in [0.2, 0.25) is 11.8 Å². The van der Waals surface area contributed by atoms with Gasteiger partial charge in [0.1, 0.15) is 6.04 Å². The van der Waals surface area contributed by atoms with Crippen molar-refractivity contribution in [2.24, 2.45) is 0 Å². The Morgan fingerprint density at radius 2 is 1.56 bits per heavy atom. The molecule has 168 valence electrons. The van der Waals surface area contributed by atoms with Gasteiger partial charge in [0, 0.05) is 19.0 Å². The number of hydrogen-bond acceptors (Lipinski definition) is 2. The molecule has 4 nitrogen and oxygen atoms in total. The van der Waals surface area contributed by atoms with E-state index in [2.05, 4.69) is 41.7 Å². The molecule has 1 N–H and O–H groups in total. The van der Waals surface area contributed by atoms with E-state index in [1.807, 2.05) is 57.2 Å². The zero-order valence-electron chi connectivity index (χ0n) is 19.4. The molecule has 0 unspecified atom stereocenters. The Morgan fingerprint density at radius 1 is 0.875 bits per heavy atom. The molecule has 0 saturated carbocycles. The highest BCUT2D eigenvalue weighted by Gasteiger charge is 2.26. The molecule has 0 saturated heterocycles. The molecule has 2 amide bonds. The first-order valence-corrected chi connectivity index (χ1v) is 11.6. The van der Waals surface area contributed by atoms with E-state index in [-0.39, 0.29) is 17.9 Å². The molecule has 0 fully saturated rings. The standard InChI is InChI=1S/C28H34N2O2/c1-4-21(2)29-28(32)22(3)30(20-19-23-11-6-5-7-12-23)27(31)18-17-25-15-10-14-24-13-8-9-16-26(24)25/h5-16,21-22H,4,17-20H2,1-3H3,(H,29,32)/t21-,22+/m1/s1. The van der Waals surface area contributed by atoms with E-state index in [9.17, 15) is 9.59 Å². The van der Waals surface area contributed by atoms with Crippen LogP contribution in [0.2, 0.25) is 0 Å². The van der Waals surface area contributed by atoms with Crippen molar-refractivity contribution in [1.82, 2.24) is 10.2 Å². The van der Waals surface area contributed by atoms with Crippen LogP contribution in [0.4, 0.5) is 0 Å². The summed E-state index contributed by atoms with van der Waals surface area (Å²) in [6.07, 6.45) is 2.62. The third-order valence-corrected chi connectivity index (χ3v) is 6.14. The van der Waals surface area contributed by atoms with Crippen LogP contribution in [0.25, 0.3) is 10.8 Å². The quantitative estimate of drug-likeness (QED) is 0.484. The second-order valence-electron chi connectivity index (χ2n) is 8.45. The average molecular weight is 431 g/mol. The summed E-state index contributed by atoms with van der Waals surface area (Å²) in [5.41, 5.74) is 2.32. The lowest BCUT2D eigenvalue weighted by atomic mass is 10.0. The number of rotatable bonds is 10. The van der Waals surface area contributed by atoms with Crippen molar-refractivity contribution in [1.29, 1.82) is 0 Å². The maximum atomic E-state index is 13.3. The van der Waals surface area contributed by atoms with Gasteiger partial charge in [0.25, 0.3) is 0 Å². The lowest BCUT2D eigenvalue weighted by Gasteiger charge is -2.30. The number of nitrogens with one attached hydrogen (secondary N) is 1. The molecule has 32 heavy (non-hydrogen) atoms. The number of aryl methyl sites for hydroxylation is 1. The van der Waals surface area contributed by atoms with Crippen LogP contribution in [0.5, 0.6) is 0 Å². The van der Waals surface area contributed by atoms with E-state index < -0.39 is 6.04 Å². The van der Waals surface area contributed by atoms with Gasteiger partial charge >= 0.3 is 0 Å². The van der Waals surface area contributed by atoms with E-state index in [0.29, 0.717) is 19.4 Å². The number of benzene rings is 3. The van der Waals surface area contributed by atoms with Gasteiger partial charge < -0.3 is 10.2 Å². The van der Waals surface area contributed by atoms with Crippen molar-refractivity contribution < 1.29 is 9.59 Å². The van der Waals surface area contributed by atoms with Gasteiger partial charge in [-0.05, 0) is 55.0 Å². The summed E-state index contributed by atoms with van der Waals surface area (Å²) in [7, 11) is 0. The second-order valence-corrected chi connectivity index (χ2v) is 8.45. The zero-order chi connectivity index (χ0) is 22.9. The van der Waals surface area contributed by atoms with Crippen molar-refractivity contribution in [3.8, 4) is 0 Å². The van der Waals surface area contributed by atoms with Crippen molar-refractivity contribution in [2.45, 2.75) is 58.5 Å². The van der Waals surface area contributed by atoms with Gasteiger partial charge in [-0.3, -0.25) is 9.59 Å². The van der Waals surface area contributed by atoms with Crippen molar-refractivity contribution in [2.75, 3.05) is 6.54 Å². The maximum absolute atomic E-state index is 13.3. The van der Waals surface area contributed by atoms with E-state index in [4.69, 9.17) is 0 Å². The summed E-state index contributed by atoms with van der Waals surface area (Å²) in [4.78, 5) is 27.9. The van der Waals surface area contributed by atoms with Crippen LogP contribution in [0, 0.1) is 0 Å². The number of hydrogen-bond donors (Lipinski definition) is 1. The minimum atomic E-state index is -0.507. The smallest absolute Gasteiger partial charge is 0.242 e. The monoisotopic (exact) mass is 430 g/mol. The number of carbonyl (C=O) groups excluding carboxylic acids is 2. The number of fused-ring (bicyclic) bond motifs is 1. The lowest BCUT2D eigenvalue weighted by molar-refractivity contribution is -0.140. The first-order chi connectivity index (χ1) is 15.5. The van der Waals surface area contributed by atoms with E-state index >= 15 is 0 Å². The van der Waals surface area contributed by atoms with Gasteiger partial charge in [-0.25, -0.2) is 0 Å². The Kier molecular flexibility index (Phi) is 8.43. The molecule has 0 radical (unpaired) electrons.